The standard InChI is InChI=1S/C36H33F3O5.C2H6/c1-21-15-26(42-19-23-7-5-4-6-8-23)16-22(2)34(21)35-29-12-14-31(28(29)11-13-30(35)36(37,38)39)44-25-9-10-27-24(17-33(40)41-3)20-43-32(27)18-25;1-2/h4-11,13,15-16,18,24,31H,12,14,17,19-20H2,1-3H3;1-2H3. The highest BCUT2D eigenvalue weighted by Crippen LogP contribution is 2.48. The number of rotatable bonds is 8. The summed E-state index contributed by atoms with van der Waals surface area (Å²) in [6, 6.07) is 21.6. The summed E-state index contributed by atoms with van der Waals surface area (Å²) in [6.07, 6.45) is -3.72. The van der Waals surface area contributed by atoms with Gasteiger partial charge in [-0.3, -0.25) is 4.79 Å². The van der Waals surface area contributed by atoms with Crippen LogP contribution in [-0.4, -0.2) is 19.7 Å². The van der Waals surface area contributed by atoms with Crippen molar-refractivity contribution in [3.63, 3.8) is 0 Å². The topological polar surface area (TPSA) is 54.0 Å². The molecule has 5 nitrogen and oxygen atoms in total. The van der Waals surface area contributed by atoms with Gasteiger partial charge in [0.15, 0.2) is 0 Å². The van der Waals surface area contributed by atoms with Gasteiger partial charge in [0.05, 0.1) is 25.7 Å². The number of alkyl halides is 3. The minimum atomic E-state index is -4.53. The third-order valence-electron chi connectivity index (χ3n) is 8.45. The zero-order valence-electron chi connectivity index (χ0n) is 26.8. The van der Waals surface area contributed by atoms with Gasteiger partial charge < -0.3 is 18.9 Å². The Bertz CT molecular complexity index is 1670. The lowest BCUT2D eigenvalue weighted by atomic mass is 9.86. The lowest BCUT2D eigenvalue weighted by molar-refractivity contribution is -0.141. The molecule has 2 aliphatic rings. The van der Waals surface area contributed by atoms with Crippen LogP contribution in [0.4, 0.5) is 13.2 Å². The Hall–Kier alpha value is -4.46. The fourth-order valence-electron chi connectivity index (χ4n) is 6.40. The first-order valence-corrected chi connectivity index (χ1v) is 15.6. The molecular weight excluding hydrogens is 593 g/mol. The van der Waals surface area contributed by atoms with E-state index in [-0.39, 0.29) is 23.9 Å². The number of halogens is 3. The maximum Gasteiger partial charge on any atom is 0.417 e. The molecule has 8 heteroatoms. The summed E-state index contributed by atoms with van der Waals surface area (Å²) in [6.45, 7) is 8.40. The van der Waals surface area contributed by atoms with Gasteiger partial charge in [0.1, 0.15) is 30.0 Å². The van der Waals surface area contributed by atoms with E-state index < -0.39 is 17.8 Å². The van der Waals surface area contributed by atoms with Crippen LogP contribution in [-0.2, 0) is 28.7 Å². The molecule has 2 unspecified atom stereocenters. The van der Waals surface area contributed by atoms with Crippen molar-refractivity contribution in [3.05, 3.63) is 112 Å². The average molecular weight is 633 g/mol. The highest BCUT2D eigenvalue weighted by Gasteiger charge is 2.39. The molecule has 0 bridgehead atoms. The van der Waals surface area contributed by atoms with Crippen LogP contribution in [0.1, 0.15) is 77.7 Å². The maximum atomic E-state index is 14.5. The van der Waals surface area contributed by atoms with E-state index >= 15 is 0 Å². The second-order valence-corrected chi connectivity index (χ2v) is 11.4. The number of hydrogen-bond donors (Lipinski definition) is 0. The third-order valence-corrected chi connectivity index (χ3v) is 8.45. The number of aryl methyl sites for hydroxylation is 2. The summed E-state index contributed by atoms with van der Waals surface area (Å²) in [7, 11) is 1.36. The minimum absolute atomic E-state index is 0.0938. The van der Waals surface area contributed by atoms with Crippen molar-refractivity contribution >= 4 is 5.97 Å². The number of carbonyl (C=O) groups is 1. The number of benzene rings is 4. The molecular formula is C38H39F3O5. The van der Waals surface area contributed by atoms with Gasteiger partial charge in [-0.1, -0.05) is 56.3 Å². The normalized spacial score (nSPS) is 16.4. The SMILES string of the molecule is CC.COC(=O)CC1COc2cc(OC3CCc4c3ccc(C(F)(F)F)c4-c3c(C)cc(OCc4ccccc4)cc3C)ccc21. The zero-order chi connectivity index (χ0) is 33.0. The van der Waals surface area contributed by atoms with Gasteiger partial charge >= 0.3 is 12.1 Å². The molecule has 4 aromatic carbocycles. The number of carbonyl (C=O) groups excluding carboxylic acids is 1. The Balaban J connectivity index is 0.00000204. The van der Waals surface area contributed by atoms with Gasteiger partial charge in [0.25, 0.3) is 0 Å². The van der Waals surface area contributed by atoms with Gasteiger partial charge in [-0.25, -0.2) is 0 Å². The molecule has 0 fully saturated rings. The van der Waals surface area contributed by atoms with E-state index in [1.807, 2.05) is 82.3 Å². The predicted molar refractivity (Wildman–Crippen MR) is 171 cm³/mol. The van der Waals surface area contributed by atoms with Crippen LogP contribution in [0.2, 0.25) is 0 Å². The summed E-state index contributed by atoms with van der Waals surface area (Å²) < 4.78 is 66.4. The molecule has 0 saturated carbocycles. The maximum absolute atomic E-state index is 14.5. The van der Waals surface area contributed by atoms with Crippen molar-refractivity contribution in [3.8, 4) is 28.4 Å². The van der Waals surface area contributed by atoms with Crippen molar-refractivity contribution in [1.29, 1.82) is 0 Å². The fourth-order valence-corrected chi connectivity index (χ4v) is 6.40. The molecule has 0 radical (unpaired) electrons. The van der Waals surface area contributed by atoms with E-state index in [0.29, 0.717) is 65.6 Å². The Morgan fingerprint density at radius 2 is 1.59 bits per heavy atom. The smallest absolute Gasteiger partial charge is 0.417 e. The van der Waals surface area contributed by atoms with E-state index in [0.717, 1.165) is 16.7 Å². The molecule has 4 aromatic rings. The highest BCUT2D eigenvalue weighted by atomic mass is 19.4. The number of fused-ring (bicyclic) bond motifs is 2. The Labute approximate surface area is 268 Å². The van der Waals surface area contributed by atoms with Crippen molar-refractivity contribution in [1.82, 2.24) is 0 Å². The van der Waals surface area contributed by atoms with Crippen LogP contribution >= 0.6 is 0 Å². The molecule has 0 saturated heterocycles. The lowest BCUT2D eigenvalue weighted by Gasteiger charge is -2.22. The molecule has 0 N–H and O–H groups in total. The van der Waals surface area contributed by atoms with E-state index in [1.165, 1.54) is 13.2 Å². The first kappa shape index (κ1) is 32.9. The molecule has 1 aliphatic heterocycles. The van der Waals surface area contributed by atoms with Crippen molar-refractivity contribution < 1.29 is 36.9 Å². The van der Waals surface area contributed by atoms with Crippen LogP contribution < -0.4 is 14.2 Å². The summed E-state index contributed by atoms with van der Waals surface area (Å²) in [5.41, 5.74) is 4.90. The molecule has 0 aromatic heterocycles. The van der Waals surface area contributed by atoms with Crippen molar-refractivity contribution in [2.24, 2.45) is 0 Å². The summed E-state index contributed by atoms with van der Waals surface area (Å²) >= 11 is 0. The summed E-state index contributed by atoms with van der Waals surface area (Å²) in [5.74, 6) is 1.42. The third kappa shape index (κ3) is 6.86. The van der Waals surface area contributed by atoms with Gasteiger partial charge in [0.2, 0.25) is 0 Å². The lowest BCUT2D eigenvalue weighted by Crippen LogP contribution is -2.11. The monoisotopic (exact) mass is 632 g/mol. The molecule has 242 valence electrons. The van der Waals surface area contributed by atoms with Gasteiger partial charge in [-0.15, -0.1) is 0 Å². The molecule has 2 atom stereocenters. The van der Waals surface area contributed by atoms with E-state index in [9.17, 15) is 18.0 Å². The van der Waals surface area contributed by atoms with Crippen LogP contribution in [0.3, 0.4) is 0 Å². The van der Waals surface area contributed by atoms with Gasteiger partial charge in [-0.05, 0) is 89.9 Å². The first-order chi connectivity index (χ1) is 22.1. The van der Waals surface area contributed by atoms with Crippen molar-refractivity contribution in [2.75, 3.05) is 13.7 Å². The predicted octanol–water partition coefficient (Wildman–Crippen LogP) is 9.70. The second kappa shape index (κ2) is 13.9. The minimum Gasteiger partial charge on any atom is -0.492 e. The van der Waals surface area contributed by atoms with Crippen molar-refractivity contribution in [2.45, 2.75) is 71.8 Å². The zero-order valence-corrected chi connectivity index (χ0v) is 26.8. The molecule has 6 rings (SSSR count). The van der Waals surface area contributed by atoms with Gasteiger partial charge in [-0.2, -0.15) is 13.2 Å². The van der Waals surface area contributed by atoms with Crippen LogP contribution in [0, 0.1) is 13.8 Å². The number of esters is 1. The molecule has 46 heavy (non-hydrogen) atoms. The molecule has 0 amide bonds. The largest absolute Gasteiger partial charge is 0.492 e. The first-order valence-electron chi connectivity index (χ1n) is 15.6. The highest BCUT2D eigenvalue weighted by molar-refractivity contribution is 5.80. The molecule has 1 aliphatic carbocycles. The number of hydrogen-bond acceptors (Lipinski definition) is 5. The fraction of sp³-hybridized carbons (Fsp3) is 0.342. The molecule has 1 heterocycles. The van der Waals surface area contributed by atoms with E-state index in [2.05, 4.69) is 0 Å². The number of methoxy groups -OCH3 is 1. The van der Waals surface area contributed by atoms with Crippen LogP contribution in [0.15, 0.2) is 72.8 Å². The Morgan fingerprint density at radius 1 is 0.891 bits per heavy atom. The Morgan fingerprint density at radius 3 is 2.26 bits per heavy atom. The quantitative estimate of drug-likeness (QED) is 0.181. The summed E-state index contributed by atoms with van der Waals surface area (Å²) in [5, 5.41) is 0. The average Bonchev–Trinajstić information content (AvgIpc) is 3.64. The van der Waals surface area contributed by atoms with E-state index in [4.69, 9.17) is 18.9 Å². The van der Waals surface area contributed by atoms with Gasteiger partial charge in [0, 0.05) is 17.5 Å². The number of ether oxygens (including phenoxy) is 4. The van der Waals surface area contributed by atoms with Crippen LogP contribution in [0.5, 0.6) is 17.2 Å². The second-order valence-electron chi connectivity index (χ2n) is 11.4. The summed E-state index contributed by atoms with van der Waals surface area (Å²) in [4.78, 5) is 11.8. The molecule has 0 spiro atoms. The Kier molecular flexibility index (Phi) is 9.94. The van der Waals surface area contributed by atoms with Crippen LogP contribution in [0.25, 0.3) is 11.1 Å². The van der Waals surface area contributed by atoms with E-state index in [1.54, 1.807) is 12.1 Å².